The van der Waals surface area contributed by atoms with Gasteiger partial charge in [-0.2, -0.15) is 0 Å². The molecule has 0 bridgehead atoms. The smallest absolute Gasteiger partial charge is 0.323 e. The molecule has 2 heterocycles. The van der Waals surface area contributed by atoms with Gasteiger partial charge in [-0.15, -0.1) is 11.3 Å². The number of thioether (sulfide) groups is 1. The van der Waals surface area contributed by atoms with Crippen molar-refractivity contribution in [3.63, 3.8) is 0 Å². The highest BCUT2D eigenvalue weighted by Crippen LogP contribution is 2.32. The molecule has 2 aromatic carbocycles. The number of carbonyl (C=O) groups excluding carboxylic acids is 2. The van der Waals surface area contributed by atoms with Crippen molar-refractivity contribution >= 4 is 57.1 Å². The Morgan fingerprint density at radius 3 is 2.66 bits per heavy atom. The highest BCUT2D eigenvalue weighted by Gasteiger charge is 2.36. The molecule has 8 heteroatoms. The summed E-state index contributed by atoms with van der Waals surface area (Å²) in [7, 11) is 0. The van der Waals surface area contributed by atoms with E-state index >= 15 is 0 Å². The molecule has 1 aliphatic rings. The third kappa shape index (κ3) is 4.33. The highest BCUT2D eigenvalue weighted by molar-refractivity contribution is 8.18. The lowest BCUT2D eigenvalue weighted by Gasteiger charge is -2.08. The van der Waals surface area contributed by atoms with E-state index in [1.54, 1.807) is 17.4 Å². The van der Waals surface area contributed by atoms with E-state index in [1.807, 2.05) is 53.9 Å². The minimum Gasteiger partial charge on any atom is -0.488 e. The molecule has 1 fully saturated rings. The number of aliphatic carboxylic acids is 1. The van der Waals surface area contributed by atoms with Crippen LogP contribution in [0.25, 0.3) is 16.8 Å². The summed E-state index contributed by atoms with van der Waals surface area (Å²) in [5, 5.41) is 12.2. The van der Waals surface area contributed by atoms with Crippen molar-refractivity contribution in [3.8, 4) is 5.75 Å². The van der Waals surface area contributed by atoms with Crippen LogP contribution in [0.15, 0.2) is 58.8 Å². The van der Waals surface area contributed by atoms with Gasteiger partial charge in [-0.1, -0.05) is 24.3 Å². The van der Waals surface area contributed by atoms with Gasteiger partial charge in [0.2, 0.25) is 0 Å². The topological polar surface area (TPSA) is 83.9 Å². The van der Waals surface area contributed by atoms with Crippen LogP contribution < -0.4 is 4.74 Å². The zero-order chi connectivity index (χ0) is 20.4. The van der Waals surface area contributed by atoms with Gasteiger partial charge in [0.25, 0.3) is 11.1 Å². The normalized spacial score (nSPS) is 15.4. The third-order valence-corrected chi connectivity index (χ3v) is 6.02. The third-order valence-electron chi connectivity index (χ3n) is 4.26. The van der Waals surface area contributed by atoms with Crippen LogP contribution in [0.2, 0.25) is 0 Å². The fourth-order valence-corrected chi connectivity index (χ4v) is 4.35. The predicted molar refractivity (Wildman–Crippen MR) is 113 cm³/mol. The Hall–Kier alpha value is -3.10. The largest absolute Gasteiger partial charge is 0.488 e. The van der Waals surface area contributed by atoms with E-state index < -0.39 is 23.7 Å². The van der Waals surface area contributed by atoms with Gasteiger partial charge in [0, 0.05) is 4.88 Å². The number of carboxylic acid groups (broad SMARTS) is 1. The molecular formula is C21H15NO5S2. The minimum atomic E-state index is -1.23. The van der Waals surface area contributed by atoms with Crippen molar-refractivity contribution in [2.45, 2.75) is 6.61 Å². The number of ether oxygens (including phenoxy) is 1. The number of nitrogens with zero attached hydrogens (tertiary/aromatic N) is 1. The van der Waals surface area contributed by atoms with Crippen LogP contribution in [-0.4, -0.2) is 33.7 Å². The lowest BCUT2D eigenvalue weighted by atomic mass is 10.1. The van der Waals surface area contributed by atoms with E-state index in [2.05, 4.69) is 0 Å². The Morgan fingerprint density at radius 1 is 1.10 bits per heavy atom. The molecule has 0 radical (unpaired) electrons. The highest BCUT2D eigenvalue weighted by atomic mass is 32.2. The summed E-state index contributed by atoms with van der Waals surface area (Å²) in [4.78, 5) is 37.1. The molecule has 3 aromatic rings. The minimum absolute atomic E-state index is 0.214. The van der Waals surface area contributed by atoms with Crippen molar-refractivity contribution in [2.24, 2.45) is 0 Å². The van der Waals surface area contributed by atoms with Crippen LogP contribution in [0, 0.1) is 0 Å². The predicted octanol–water partition coefficient (Wildman–Crippen LogP) is 4.60. The van der Waals surface area contributed by atoms with E-state index in [9.17, 15) is 14.4 Å². The van der Waals surface area contributed by atoms with Crippen molar-refractivity contribution in [3.05, 3.63) is 69.3 Å². The molecule has 1 saturated heterocycles. The average molecular weight is 425 g/mol. The van der Waals surface area contributed by atoms with Gasteiger partial charge < -0.3 is 9.84 Å². The van der Waals surface area contributed by atoms with Gasteiger partial charge in [0.05, 0.1) is 4.91 Å². The lowest BCUT2D eigenvalue weighted by molar-refractivity contribution is -0.140. The number of hydrogen-bond donors (Lipinski definition) is 1. The van der Waals surface area contributed by atoms with E-state index in [-0.39, 0.29) is 4.91 Å². The second-order valence-electron chi connectivity index (χ2n) is 6.30. The van der Waals surface area contributed by atoms with Crippen LogP contribution in [0.3, 0.4) is 0 Å². The van der Waals surface area contributed by atoms with Crippen molar-refractivity contribution < 1.29 is 24.2 Å². The van der Waals surface area contributed by atoms with Crippen molar-refractivity contribution in [2.75, 3.05) is 6.54 Å². The SMILES string of the molecule is O=C(O)CN1C(=O)S/C(=C\c2ccc3cc(OCc4cccs4)ccc3c2)C1=O. The first-order chi connectivity index (χ1) is 14.0. The zero-order valence-electron chi connectivity index (χ0n) is 15.0. The zero-order valence-corrected chi connectivity index (χ0v) is 16.7. The molecular weight excluding hydrogens is 410 g/mol. The molecule has 2 amide bonds. The lowest BCUT2D eigenvalue weighted by Crippen LogP contribution is -2.33. The number of thiophene rings is 1. The first-order valence-corrected chi connectivity index (χ1v) is 10.4. The van der Waals surface area contributed by atoms with E-state index in [1.165, 1.54) is 0 Å². The Morgan fingerprint density at radius 2 is 1.90 bits per heavy atom. The molecule has 1 N–H and O–H groups in total. The van der Waals surface area contributed by atoms with Crippen molar-refractivity contribution in [1.29, 1.82) is 0 Å². The summed E-state index contributed by atoms with van der Waals surface area (Å²) in [6.45, 7) is -0.110. The number of imide groups is 1. The second-order valence-corrected chi connectivity index (χ2v) is 8.32. The first-order valence-electron chi connectivity index (χ1n) is 8.66. The van der Waals surface area contributed by atoms with Gasteiger partial charge in [0.15, 0.2) is 0 Å². The molecule has 146 valence electrons. The standard InChI is InChI=1S/C21H15NO5S2/c23-19(24)11-22-20(25)18(29-21(22)26)9-13-3-4-15-10-16(6-5-14(15)8-13)27-12-17-2-1-7-28-17/h1-10H,11-12H2,(H,23,24)/b18-9-. The summed E-state index contributed by atoms with van der Waals surface area (Å²) in [6, 6.07) is 15.5. The van der Waals surface area contributed by atoms with E-state index in [4.69, 9.17) is 9.84 Å². The fraction of sp³-hybridized carbons (Fsp3) is 0.0952. The fourth-order valence-electron chi connectivity index (χ4n) is 2.89. The number of carbonyl (C=O) groups is 3. The van der Waals surface area contributed by atoms with Crippen LogP contribution >= 0.6 is 23.1 Å². The average Bonchev–Trinajstić information content (AvgIpc) is 3.30. The molecule has 0 saturated carbocycles. The van der Waals surface area contributed by atoms with Crippen LogP contribution in [0.1, 0.15) is 10.4 Å². The number of rotatable bonds is 6. The number of amides is 2. The summed E-state index contributed by atoms with van der Waals surface area (Å²) < 4.78 is 5.83. The number of benzene rings is 2. The van der Waals surface area contributed by atoms with Crippen LogP contribution in [0.4, 0.5) is 4.79 Å². The second kappa shape index (κ2) is 8.10. The summed E-state index contributed by atoms with van der Waals surface area (Å²) in [5.41, 5.74) is 0.755. The number of fused-ring (bicyclic) bond motifs is 1. The van der Waals surface area contributed by atoms with Gasteiger partial charge in [-0.05, 0) is 63.8 Å². The molecule has 1 aliphatic heterocycles. The van der Waals surface area contributed by atoms with Crippen LogP contribution in [-0.2, 0) is 16.2 Å². The number of carboxylic acids is 1. The Bertz CT molecular complexity index is 1140. The van der Waals surface area contributed by atoms with Crippen LogP contribution in [0.5, 0.6) is 5.75 Å². The van der Waals surface area contributed by atoms with Gasteiger partial charge >= 0.3 is 5.97 Å². The Balaban J connectivity index is 1.52. The summed E-state index contributed by atoms with van der Waals surface area (Å²) in [5.74, 6) is -1.04. The maximum absolute atomic E-state index is 12.3. The monoisotopic (exact) mass is 425 g/mol. The molecule has 0 atom stereocenters. The van der Waals surface area contributed by atoms with E-state index in [0.717, 1.165) is 43.6 Å². The quantitative estimate of drug-likeness (QED) is 0.581. The molecule has 0 spiro atoms. The van der Waals surface area contributed by atoms with Gasteiger partial charge in [0.1, 0.15) is 18.9 Å². The maximum atomic E-state index is 12.3. The molecule has 4 rings (SSSR count). The molecule has 1 aromatic heterocycles. The molecule has 0 aliphatic carbocycles. The van der Waals surface area contributed by atoms with E-state index in [0.29, 0.717) is 6.61 Å². The van der Waals surface area contributed by atoms with Gasteiger partial charge in [-0.3, -0.25) is 19.3 Å². The molecule has 6 nitrogen and oxygen atoms in total. The Kier molecular flexibility index (Phi) is 5.37. The molecule has 0 unspecified atom stereocenters. The van der Waals surface area contributed by atoms with Gasteiger partial charge in [-0.25, -0.2) is 0 Å². The van der Waals surface area contributed by atoms with Crippen molar-refractivity contribution in [1.82, 2.24) is 4.90 Å². The number of hydrogen-bond acceptors (Lipinski definition) is 6. The summed E-state index contributed by atoms with van der Waals surface area (Å²) >= 11 is 2.39. The first kappa shape index (κ1) is 19.2. The Labute approximate surface area is 174 Å². The summed E-state index contributed by atoms with van der Waals surface area (Å²) in [6.07, 6.45) is 1.60. The molecule has 29 heavy (non-hydrogen) atoms. The maximum Gasteiger partial charge on any atom is 0.323 e.